The molecule has 92 valence electrons. The van der Waals surface area contributed by atoms with Gasteiger partial charge < -0.3 is 5.73 Å². The molecular weight excluding hydrogens is 256 g/mol. The van der Waals surface area contributed by atoms with Gasteiger partial charge in [0.15, 0.2) is 11.6 Å². The van der Waals surface area contributed by atoms with Crippen molar-refractivity contribution in [1.29, 1.82) is 0 Å². The molecule has 0 heterocycles. The lowest BCUT2D eigenvalue weighted by Crippen LogP contribution is -1.98. The summed E-state index contributed by atoms with van der Waals surface area (Å²) in [5, 5.41) is 0.478. The fourth-order valence-electron chi connectivity index (χ4n) is 1.67. The van der Waals surface area contributed by atoms with Gasteiger partial charge in [-0.2, -0.15) is 0 Å². The van der Waals surface area contributed by atoms with Gasteiger partial charge in [-0.1, -0.05) is 36.4 Å². The molecule has 4 heteroatoms. The van der Waals surface area contributed by atoms with Crippen LogP contribution in [0.1, 0.15) is 11.1 Å². The molecule has 2 aromatic carbocycles. The van der Waals surface area contributed by atoms with Crippen molar-refractivity contribution in [2.24, 2.45) is 0 Å². The lowest BCUT2D eigenvalue weighted by atomic mass is 9.98. The first-order valence-corrected chi connectivity index (χ1v) is 5.57. The van der Waals surface area contributed by atoms with E-state index in [-0.39, 0.29) is 5.69 Å². The topological polar surface area (TPSA) is 26.0 Å². The first-order valence-electron chi connectivity index (χ1n) is 5.19. The van der Waals surface area contributed by atoms with E-state index in [4.69, 9.17) is 17.3 Å². The van der Waals surface area contributed by atoms with Crippen molar-refractivity contribution in [2.75, 3.05) is 5.73 Å². The standard InChI is InChI=1S/C14H10ClF2N/c1-8(9-4-2-3-5-11(9)15)10-6-12(16)13(17)7-14(10)18/h2-7H,1,18H2. The van der Waals surface area contributed by atoms with E-state index in [1.807, 2.05) is 0 Å². The molecule has 0 aliphatic heterocycles. The van der Waals surface area contributed by atoms with Gasteiger partial charge in [-0.3, -0.25) is 0 Å². The van der Waals surface area contributed by atoms with Gasteiger partial charge in [0.05, 0.1) is 0 Å². The number of rotatable bonds is 2. The van der Waals surface area contributed by atoms with Crippen molar-refractivity contribution in [1.82, 2.24) is 0 Å². The molecule has 0 radical (unpaired) electrons. The number of halogens is 3. The van der Waals surface area contributed by atoms with Crippen molar-refractivity contribution in [3.05, 3.63) is 70.8 Å². The van der Waals surface area contributed by atoms with E-state index in [1.165, 1.54) is 0 Å². The summed E-state index contributed by atoms with van der Waals surface area (Å²) in [4.78, 5) is 0. The third-order valence-corrected chi connectivity index (χ3v) is 2.95. The van der Waals surface area contributed by atoms with Crippen LogP contribution in [0.5, 0.6) is 0 Å². The van der Waals surface area contributed by atoms with Crippen molar-refractivity contribution >= 4 is 22.9 Å². The number of hydrogen-bond donors (Lipinski definition) is 1. The Morgan fingerprint density at radius 1 is 1.06 bits per heavy atom. The van der Waals surface area contributed by atoms with E-state index in [9.17, 15) is 8.78 Å². The molecule has 18 heavy (non-hydrogen) atoms. The minimum Gasteiger partial charge on any atom is -0.398 e. The Hall–Kier alpha value is -1.87. The molecule has 1 nitrogen and oxygen atoms in total. The zero-order chi connectivity index (χ0) is 13.3. The second-order valence-corrected chi connectivity index (χ2v) is 4.22. The van der Waals surface area contributed by atoms with E-state index in [1.54, 1.807) is 24.3 Å². The van der Waals surface area contributed by atoms with Gasteiger partial charge in [-0.05, 0) is 17.7 Å². The first kappa shape index (κ1) is 12.6. The molecule has 0 saturated carbocycles. The Bertz CT molecular complexity index is 623. The van der Waals surface area contributed by atoms with Crippen LogP contribution in [0.15, 0.2) is 43.0 Å². The Morgan fingerprint density at radius 2 is 1.67 bits per heavy atom. The molecule has 0 bridgehead atoms. The van der Waals surface area contributed by atoms with Crippen LogP contribution in [-0.4, -0.2) is 0 Å². The quantitative estimate of drug-likeness (QED) is 0.807. The number of nitrogens with two attached hydrogens (primary N) is 1. The minimum absolute atomic E-state index is 0.124. The average Bonchev–Trinajstić information content (AvgIpc) is 2.33. The normalized spacial score (nSPS) is 10.4. The highest BCUT2D eigenvalue weighted by atomic mass is 35.5. The zero-order valence-corrected chi connectivity index (χ0v) is 10.1. The SMILES string of the molecule is C=C(c1cc(F)c(F)cc1N)c1ccccc1Cl. The van der Waals surface area contributed by atoms with Crippen LogP contribution in [-0.2, 0) is 0 Å². The van der Waals surface area contributed by atoms with Gasteiger partial charge in [-0.15, -0.1) is 0 Å². The number of nitrogen functional groups attached to an aromatic ring is 1. The van der Waals surface area contributed by atoms with Gasteiger partial charge in [0.25, 0.3) is 0 Å². The molecular formula is C14H10ClF2N. The highest BCUT2D eigenvalue weighted by Crippen LogP contribution is 2.31. The highest BCUT2D eigenvalue weighted by molar-refractivity contribution is 6.32. The second kappa shape index (κ2) is 4.78. The number of anilines is 1. The smallest absolute Gasteiger partial charge is 0.160 e. The van der Waals surface area contributed by atoms with Gasteiger partial charge in [0.1, 0.15) is 0 Å². The predicted molar refractivity (Wildman–Crippen MR) is 70.4 cm³/mol. The molecule has 2 aromatic rings. The van der Waals surface area contributed by atoms with Crippen LogP contribution in [0.3, 0.4) is 0 Å². The van der Waals surface area contributed by atoms with E-state index in [0.717, 1.165) is 12.1 Å². The van der Waals surface area contributed by atoms with Crippen molar-refractivity contribution < 1.29 is 8.78 Å². The first-order chi connectivity index (χ1) is 8.50. The van der Waals surface area contributed by atoms with Crippen LogP contribution in [0, 0.1) is 11.6 Å². The van der Waals surface area contributed by atoms with Crippen LogP contribution in [0.25, 0.3) is 5.57 Å². The summed E-state index contributed by atoms with van der Waals surface area (Å²) in [6.07, 6.45) is 0. The summed E-state index contributed by atoms with van der Waals surface area (Å²) in [6, 6.07) is 8.95. The van der Waals surface area contributed by atoms with E-state index in [0.29, 0.717) is 21.7 Å². The predicted octanol–water partition coefficient (Wildman–Crippen LogP) is 4.26. The van der Waals surface area contributed by atoms with Crippen LogP contribution in [0.4, 0.5) is 14.5 Å². The van der Waals surface area contributed by atoms with Crippen molar-refractivity contribution in [2.45, 2.75) is 0 Å². The number of benzene rings is 2. The van der Waals surface area contributed by atoms with Crippen molar-refractivity contribution in [3.8, 4) is 0 Å². The van der Waals surface area contributed by atoms with Crippen LogP contribution in [0.2, 0.25) is 5.02 Å². The maximum Gasteiger partial charge on any atom is 0.160 e. The van der Waals surface area contributed by atoms with Gasteiger partial charge in [0, 0.05) is 27.9 Å². The summed E-state index contributed by atoms with van der Waals surface area (Å²) in [6.45, 7) is 3.83. The average molecular weight is 266 g/mol. The maximum atomic E-state index is 13.2. The van der Waals surface area contributed by atoms with E-state index in [2.05, 4.69) is 6.58 Å². The Balaban J connectivity index is 2.53. The molecule has 0 fully saturated rings. The summed E-state index contributed by atoms with van der Waals surface area (Å²) < 4.78 is 26.2. The maximum absolute atomic E-state index is 13.2. The third kappa shape index (κ3) is 2.22. The largest absolute Gasteiger partial charge is 0.398 e. The third-order valence-electron chi connectivity index (χ3n) is 2.62. The molecule has 0 unspecified atom stereocenters. The zero-order valence-electron chi connectivity index (χ0n) is 9.38. The fourth-order valence-corrected chi connectivity index (χ4v) is 1.92. The Morgan fingerprint density at radius 3 is 2.33 bits per heavy atom. The lowest BCUT2D eigenvalue weighted by Gasteiger charge is -2.11. The van der Waals surface area contributed by atoms with Gasteiger partial charge in [-0.25, -0.2) is 8.78 Å². The molecule has 2 rings (SSSR count). The molecule has 0 saturated heterocycles. The molecule has 0 aliphatic rings. The Labute approximate surface area is 109 Å². The summed E-state index contributed by atoms with van der Waals surface area (Å²) in [5.74, 6) is -1.95. The molecule has 0 aliphatic carbocycles. The number of hydrogen-bond acceptors (Lipinski definition) is 1. The molecule has 0 spiro atoms. The summed E-state index contributed by atoms with van der Waals surface area (Å²) in [5.41, 5.74) is 7.22. The molecule has 0 atom stereocenters. The second-order valence-electron chi connectivity index (χ2n) is 3.81. The fraction of sp³-hybridized carbons (Fsp3) is 0. The summed E-state index contributed by atoms with van der Waals surface area (Å²) >= 11 is 6.02. The minimum atomic E-state index is -0.983. The summed E-state index contributed by atoms with van der Waals surface area (Å²) in [7, 11) is 0. The van der Waals surface area contributed by atoms with E-state index >= 15 is 0 Å². The van der Waals surface area contributed by atoms with Crippen LogP contribution < -0.4 is 5.73 Å². The molecule has 0 aromatic heterocycles. The Kier molecular flexibility index (Phi) is 3.34. The van der Waals surface area contributed by atoms with Gasteiger partial charge >= 0.3 is 0 Å². The monoisotopic (exact) mass is 265 g/mol. The van der Waals surface area contributed by atoms with E-state index < -0.39 is 11.6 Å². The molecule has 0 amide bonds. The van der Waals surface area contributed by atoms with Gasteiger partial charge in [0.2, 0.25) is 0 Å². The molecule has 2 N–H and O–H groups in total. The highest BCUT2D eigenvalue weighted by Gasteiger charge is 2.13. The van der Waals surface area contributed by atoms with Crippen molar-refractivity contribution in [3.63, 3.8) is 0 Å². The van der Waals surface area contributed by atoms with Crippen LogP contribution >= 0.6 is 11.6 Å². The lowest BCUT2D eigenvalue weighted by molar-refractivity contribution is 0.509.